The van der Waals surface area contributed by atoms with Crippen LogP contribution in [0.3, 0.4) is 0 Å². The van der Waals surface area contributed by atoms with Gasteiger partial charge in [-0.2, -0.15) is 0 Å². The van der Waals surface area contributed by atoms with Crippen LogP contribution in [0.1, 0.15) is 26.2 Å². The summed E-state index contributed by atoms with van der Waals surface area (Å²) >= 11 is 0. The van der Waals surface area contributed by atoms with E-state index in [2.05, 4.69) is 10.2 Å². The lowest BCUT2D eigenvalue weighted by Crippen LogP contribution is -2.42. The van der Waals surface area contributed by atoms with Gasteiger partial charge in [-0.25, -0.2) is 4.79 Å². The Kier molecular flexibility index (Phi) is 4.63. The molecule has 0 saturated carbocycles. The van der Waals surface area contributed by atoms with Crippen molar-refractivity contribution in [1.82, 2.24) is 10.2 Å². The zero-order chi connectivity index (χ0) is 13.8. The van der Waals surface area contributed by atoms with Crippen molar-refractivity contribution in [1.29, 1.82) is 0 Å². The SMILES string of the molecule is CC(CC(=O)O)C1CCCN(CC2CNC(=O)O2)C1. The van der Waals surface area contributed by atoms with E-state index in [-0.39, 0.29) is 24.5 Å². The summed E-state index contributed by atoms with van der Waals surface area (Å²) in [5.74, 6) is -0.0991. The van der Waals surface area contributed by atoms with Gasteiger partial charge < -0.3 is 15.2 Å². The van der Waals surface area contributed by atoms with Crippen LogP contribution in [0.5, 0.6) is 0 Å². The van der Waals surface area contributed by atoms with Crippen LogP contribution in [0.4, 0.5) is 4.79 Å². The summed E-state index contributed by atoms with van der Waals surface area (Å²) in [6.07, 6.45) is 2.01. The molecule has 6 heteroatoms. The van der Waals surface area contributed by atoms with Crippen molar-refractivity contribution in [2.24, 2.45) is 11.8 Å². The lowest BCUT2D eigenvalue weighted by molar-refractivity contribution is -0.138. The molecular formula is C13H22N2O4. The number of alkyl carbamates (subject to hydrolysis) is 1. The maximum absolute atomic E-state index is 11.0. The van der Waals surface area contributed by atoms with Gasteiger partial charge in [-0.1, -0.05) is 6.92 Å². The number of piperidine rings is 1. The van der Waals surface area contributed by atoms with Crippen LogP contribution < -0.4 is 5.32 Å². The van der Waals surface area contributed by atoms with E-state index in [1.165, 1.54) is 0 Å². The minimum Gasteiger partial charge on any atom is -0.481 e. The van der Waals surface area contributed by atoms with Gasteiger partial charge in [0.2, 0.25) is 0 Å². The van der Waals surface area contributed by atoms with Crippen molar-refractivity contribution in [2.45, 2.75) is 32.3 Å². The molecule has 1 amide bonds. The standard InChI is InChI=1S/C13H22N2O4/c1-9(5-12(16)17)10-3-2-4-15(7-10)8-11-6-14-13(18)19-11/h9-11H,2-8H2,1H3,(H,14,18)(H,16,17). The third kappa shape index (κ3) is 4.09. The van der Waals surface area contributed by atoms with E-state index in [0.717, 1.165) is 32.5 Å². The van der Waals surface area contributed by atoms with E-state index in [9.17, 15) is 9.59 Å². The van der Waals surface area contributed by atoms with Crippen LogP contribution >= 0.6 is 0 Å². The number of carboxylic acids is 1. The number of carboxylic acid groups (broad SMARTS) is 1. The number of carbonyl (C=O) groups excluding carboxylic acids is 1. The molecule has 0 spiro atoms. The third-order valence-electron chi connectivity index (χ3n) is 4.05. The Morgan fingerprint density at radius 3 is 3.05 bits per heavy atom. The highest BCUT2D eigenvalue weighted by Crippen LogP contribution is 2.26. The smallest absolute Gasteiger partial charge is 0.407 e. The molecule has 0 aromatic heterocycles. The molecular weight excluding hydrogens is 248 g/mol. The Bertz CT molecular complexity index is 348. The number of aliphatic carboxylic acids is 1. The molecule has 108 valence electrons. The number of ether oxygens (including phenoxy) is 1. The average Bonchev–Trinajstić information content (AvgIpc) is 2.74. The van der Waals surface area contributed by atoms with E-state index >= 15 is 0 Å². The van der Waals surface area contributed by atoms with Crippen molar-refractivity contribution in [3.63, 3.8) is 0 Å². The molecule has 2 fully saturated rings. The highest BCUT2D eigenvalue weighted by atomic mass is 16.6. The monoisotopic (exact) mass is 270 g/mol. The van der Waals surface area contributed by atoms with E-state index in [1.54, 1.807) is 0 Å². The van der Waals surface area contributed by atoms with Gasteiger partial charge in [0.25, 0.3) is 0 Å². The summed E-state index contributed by atoms with van der Waals surface area (Å²) in [7, 11) is 0. The minimum absolute atomic E-state index is 0.0685. The largest absolute Gasteiger partial charge is 0.481 e. The summed E-state index contributed by atoms with van der Waals surface area (Å²) < 4.78 is 5.14. The zero-order valence-electron chi connectivity index (χ0n) is 11.3. The van der Waals surface area contributed by atoms with Crippen LogP contribution in [-0.2, 0) is 9.53 Å². The number of nitrogens with one attached hydrogen (secondary N) is 1. The van der Waals surface area contributed by atoms with E-state index < -0.39 is 5.97 Å². The summed E-state index contributed by atoms with van der Waals surface area (Å²) in [4.78, 5) is 24.0. The van der Waals surface area contributed by atoms with Crippen molar-refractivity contribution < 1.29 is 19.4 Å². The number of amides is 1. The first kappa shape index (κ1) is 14.1. The first-order chi connectivity index (χ1) is 9.04. The molecule has 2 N–H and O–H groups in total. The molecule has 2 aliphatic heterocycles. The number of carbonyl (C=O) groups is 2. The topological polar surface area (TPSA) is 78.9 Å². The normalized spacial score (nSPS) is 29.6. The Balaban J connectivity index is 1.79. The zero-order valence-corrected chi connectivity index (χ0v) is 11.3. The predicted molar refractivity (Wildman–Crippen MR) is 68.9 cm³/mol. The van der Waals surface area contributed by atoms with Gasteiger partial charge in [0.05, 0.1) is 6.54 Å². The van der Waals surface area contributed by atoms with E-state index in [1.807, 2.05) is 6.92 Å². The second-order valence-corrected chi connectivity index (χ2v) is 5.65. The molecule has 0 aliphatic carbocycles. The first-order valence-corrected chi connectivity index (χ1v) is 6.93. The van der Waals surface area contributed by atoms with Crippen LogP contribution in [0.2, 0.25) is 0 Å². The molecule has 2 aliphatic rings. The Labute approximate surface area is 113 Å². The molecule has 0 bridgehead atoms. The van der Waals surface area contributed by atoms with Gasteiger partial charge in [-0.3, -0.25) is 9.69 Å². The van der Waals surface area contributed by atoms with Gasteiger partial charge in [0.15, 0.2) is 0 Å². The Morgan fingerprint density at radius 2 is 2.42 bits per heavy atom. The molecule has 3 unspecified atom stereocenters. The number of likely N-dealkylation sites (tertiary alicyclic amines) is 1. The van der Waals surface area contributed by atoms with Crippen molar-refractivity contribution >= 4 is 12.1 Å². The van der Waals surface area contributed by atoms with Gasteiger partial charge in [-0.05, 0) is 31.2 Å². The summed E-state index contributed by atoms with van der Waals surface area (Å²) in [6.45, 7) is 5.24. The molecule has 3 atom stereocenters. The minimum atomic E-state index is -0.724. The van der Waals surface area contributed by atoms with Crippen molar-refractivity contribution in [3.8, 4) is 0 Å². The average molecular weight is 270 g/mol. The van der Waals surface area contributed by atoms with Gasteiger partial charge in [0, 0.05) is 19.5 Å². The number of rotatable bonds is 5. The number of hydrogen-bond donors (Lipinski definition) is 2. The second-order valence-electron chi connectivity index (χ2n) is 5.65. The quantitative estimate of drug-likeness (QED) is 0.776. The predicted octanol–water partition coefficient (Wildman–Crippen LogP) is 0.918. The van der Waals surface area contributed by atoms with Gasteiger partial charge >= 0.3 is 12.1 Å². The fourth-order valence-electron chi connectivity index (χ4n) is 2.99. The highest BCUT2D eigenvalue weighted by Gasteiger charge is 2.30. The molecule has 2 saturated heterocycles. The summed E-state index contributed by atoms with van der Waals surface area (Å²) in [5.41, 5.74) is 0. The lowest BCUT2D eigenvalue weighted by Gasteiger charge is -2.36. The van der Waals surface area contributed by atoms with Crippen LogP contribution in [0.25, 0.3) is 0 Å². The summed E-state index contributed by atoms with van der Waals surface area (Å²) in [6, 6.07) is 0. The Morgan fingerprint density at radius 1 is 1.63 bits per heavy atom. The Hall–Kier alpha value is -1.30. The first-order valence-electron chi connectivity index (χ1n) is 6.93. The molecule has 2 heterocycles. The van der Waals surface area contributed by atoms with Crippen LogP contribution in [0.15, 0.2) is 0 Å². The molecule has 0 aromatic carbocycles. The lowest BCUT2D eigenvalue weighted by atomic mass is 9.84. The maximum atomic E-state index is 11.0. The van der Waals surface area contributed by atoms with Gasteiger partial charge in [-0.15, -0.1) is 0 Å². The third-order valence-corrected chi connectivity index (χ3v) is 4.05. The fourth-order valence-corrected chi connectivity index (χ4v) is 2.99. The highest BCUT2D eigenvalue weighted by molar-refractivity contribution is 5.69. The van der Waals surface area contributed by atoms with E-state index in [4.69, 9.17) is 9.84 Å². The molecule has 2 rings (SSSR count). The molecule has 6 nitrogen and oxygen atoms in total. The van der Waals surface area contributed by atoms with Crippen LogP contribution in [-0.4, -0.2) is 54.4 Å². The second kappa shape index (κ2) is 6.23. The maximum Gasteiger partial charge on any atom is 0.407 e. The molecule has 0 aromatic rings. The van der Waals surface area contributed by atoms with Gasteiger partial charge in [0.1, 0.15) is 6.10 Å². The number of nitrogens with zero attached hydrogens (tertiary/aromatic N) is 1. The molecule has 0 radical (unpaired) electrons. The van der Waals surface area contributed by atoms with Crippen LogP contribution in [0, 0.1) is 11.8 Å². The number of cyclic esters (lactones) is 1. The van der Waals surface area contributed by atoms with Crippen molar-refractivity contribution in [3.05, 3.63) is 0 Å². The summed E-state index contributed by atoms with van der Waals surface area (Å²) in [5, 5.41) is 11.5. The molecule has 19 heavy (non-hydrogen) atoms. The number of hydrogen-bond acceptors (Lipinski definition) is 4. The van der Waals surface area contributed by atoms with E-state index in [0.29, 0.717) is 12.5 Å². The fraction of sp³-hybridized carbons (Fsp3) is 0.846. The van der Waals surface area contributed by atoms with Crippen molar-refractivity contribution in [2.75, 3.05) is 26.2 Å².